The van der Waals surface area contributed by atoms with Crippen LogP contribution in [0.15, 0.2) is 23.1 Å². The molecule has 0 saturated carbocycles. The van der Waals surface area contributed by atoms with E-state index in [4.69, 9.17) is 15.0 Å². The monoisotopic (exact) mass is 448 g/mol. The maximum Gasteiger partial charge on any atom is 0.354 e. The normalized spacial score (nSPS) is 10.7. The summed E-state index contributed by atoms with van der Waals surface area (Å²) in [7, 11) is 0. The van der Waals surface area contributed by atoms with Crippen LogP contribution in [0, 0.1) is 13.8 Å². The van der Waals surface area contributed by atoms with Gasteiger partial charge < -0.3 is 14.5 Å². The summed E-state index contributed by atoms with van der Waals surface area (Å²) >= 11 is 2.96. The molecule has 158 valence electrons. The second-order valence-electron chi connectivity index (χ2n) is 5.57. The SMILES string of the molecule is CCOC(=O)/C(=C/c1cnc(C)s1)N=[N+]=[N-].CCOC(=O)c1cc2sc(C)nc2[nH]1. The standard InChI is InChI=1S/C9H10N4O2S.C9H10N2O2S/c1-3-15-9(14)8(12-13-10)4-7-5-11-6(2)16-7;1-3-13-9(12)6-4-7-8(11-6)10-5(2)14-7/h4-5H,3H2,1-2H3;4,11H,3H2,1-2H3/b8-4-;. The molecule has 0 aliphatic rings. The highest BCUT2D eigenvalue weighted by Crippen LogP contribution is 2.22. The van der Waals surface area contributed by atoms with Gasteiger partial charge in [-0.3, -0.25) is 0 Å². The number of thiazole rings is 2. The van der Waals surface area contributed by atoms with E-state index in [1.807, 2.05) is 13.8 Å². The summed E-state index contributed by atoms with van der Waals surface area (Å²) in [5.41, 5.74) is 9.51. The Kier molecular flexibility index (Phi) is 8.54. The number of rotatable bonds is 6. The molecule has 0 unspecified atom stereocenters. The van der Waals surface area contributed by atoms with E-state index in [0.29, 0.717) is 12.3 Å². The summed E-state index contributed by atoms with van der Waals surface area (Å²) in [5, 5.41) is 5.15. The van der Waals surface area contributed by atoms with Gasteiger partial charge in [-0.1, -0.05) is 5.11 Å². The molecule has 1 N–H and O–H groups in total. The Labute approximate surface area is 180 Å². The minimum absolute atomic E-state index is 0.0620. The maximum atomic E-state index is 11.4. The van der Waals surface area contributed by atoms with Crippen LogP contribution in [0.2, 0.25) is 0 Å². The number of aromatic amines is 1. The first kappa shape index (κ1) is 23.1. The lowest BCUT2D eigenvalue weighted by molar-refractivity contribution is -0.138. The number of esters is 2. The largest absolute Gasteiger partial charge is 0.462 e. The Bertz CT molecular complexity index is 1080. The number of nitrogens with zero attached hydrogens (tertiary/aromatic N) is 5. The van der Waals surface area contributed by atoms with E-state index >= 15 is 0 Å². The van der Waals surface area contributed by atoms with Crippen LogP contribution in [-0.2, 0) is 14.3 Å². The number of carbonyl (C=O) groups is 2. The zero-order chi connectivity index (χ0) is 22.1. The molecule has 0 aromatic carbocycles. The van der Waals surface area contributed by atoms with Crippen LogP contribution < -0.4 is 0 Å². The first-order valence-corrected chi connectivity index (χ1v) is 10.5. The van der Waals surface area contributed by atoms with Crippen molar-refractivity contribution >= 4 is 51.0 Å². The molecule has 0 aliphatic carbocycles. The highest BCUT2D eigenvalue weighted by molar-refractivity contribution is 7.18. The molecule has 12 heteroatoms. The summed E-state index contributed by atoms with van der Waals surface area (Å²) in [5.74, 6) is -0.957. The Balaban J connectivity index is 0.000000215. The van der Waals surface area contributed by atoms with Crippen molar-refractivity contribution in [1.29, 1.82) is 0 Å². The van der Waals surface area contributed by atoms with Gasteiger partial charge in [-0.25, -0.2) is 19.6 Å². The van der Waals surface area contributed by atoms with Crippen molar-refractivity contribution in [2.75, 3.05) is 13.2 Å². The van der Waals surface area contributed by atoms with Gasteiger partial charge in [0.05, 0.1) is 27.9 Å². The third-order valence-electron chi connectivity index (χ3n) is 3.34. The van der Waals surface area contributed by atoms with Gasteiger partial charge in [-0.2, -0.15) is 0 Å². The molecular formula is C18H20N6O4S2. The van der Waals surface area contributed by atoms with E-state index in [1.54, 1.807) is 37.4 Å². The number of ether oxygens (including phenoxy) is 2. The maximum absolute atomic E-state index is 11.4. The van der Waals surface area contributed by atoms with Crippen LogP contribution in [0.5, 0.6) is 0 Å². The van der Waals surface area contributed by atoms with Gasteiger partial charge in [0.15, 0.2) is 0 Å². The zero-order valence-electron chi connectivity index (χ0n) is 16.8. The molecule has 0 aliphatic heterocycles. The van der Waals surface area contributed by atoms with Crippen molar-refractivity contribution in [3.8, 4) is 0 Å². The minimum atomic E-state index is -0.633. The summed E-state index contributed by atoms with van der Waals surface area (Å²) < 4.78 is 10.6. The number of aromatic nitrogens is 3. The lowest BCUT2D eigenvalue weighted by atomic mass is 10.4. The van der Waals surface area contributed by atoms with Crippen LogP contribution in [0.3, 0.4) is 0 Å². The average molecular weight is 449 g/mol. The summed E-state index contributed by atoms with van der Waals surface area (Å²) in [4.78, 5) is 37.2. The summed E-state index contributed by atoms with van der Waals surface area (Å²) in [6, 6.07) is 1.78. The predicted octanol–water partition coefficient (Wildman–Crippen LogP) is 4.78. The second kappa shape index (κ2) is 11.1. The minimum Gasteiger partial charge on any atom is -0.462 e. The lowest BCUT2D eigenvalue weighted by Gasteiger charge is -1.99. The predicted molar refractivity (Wildman–Crippen MR) is 115 cm³/mol. The molecule has 0 bridgehead atoms. The zero-order valence-corrected chi connectivity index (χ0v) is 18.5. The number of H-pyrrole nitrogens is 1. The molecule has 30 heavy (non-hydrogen) atoms. The van der Waals surface area contributed by atoms with Gasteiger partial charge in [-0.15, -0.1) is 22.7 Å². The molecular weight excluding hydrogens is 428 g/mol. The topological polar surface area (TPSA) is 143 Å². The van der Waals surface area contributed by atoms with Crippen molar-refractivity contribution in [2.45, 2.75) is 27.7 Å². The lowest BCUT2D eigenvalue weighted by Crippen LogP contribution is -2.05. The van der Waals surface area contributed by atoms with Crippen molar-refractivity contribution < 1.29 is 19.1 Å². The van der Waals surface area contributed by atoms with Crippen molar-refractivity contribution in [3.63, 3.8) is 0 Å². The van der Waals surface area contributed by atoms with Gasteiger partial charge in [-0.05, 0) is 45.4 Å². The van der Waals surface area contributed by atoms with Crippen LogP contribution in [0.25, 0.3) is 26.9 Å². The molecule has 3 aromatic heterocycles. The van der Waals surface area contributed by atoms with Crippen LogP contribution in [-0.4, -0.2) is 40.1 Å². The number of nitrogens with one attached hydrogen (secondary N) is 1. The van der Waals surface area contributed by atoms with E-state index in [-0.39, 0.29) is 18.3 Å². The first-order chi connectivity index (χ1) is 14.4. The molecule has 0 atom stereocenters. The summed E-state index contributed by atoms with van der Waals surface area (Å²) in [6.45, 7) is 7.87. The third-order valence-corrected chi connectivity index (χ3v) is 5.12. The van der Waals surface area contributed by atoms with Crippen LogP contribution >= 0.6 is 22.7 Å². The number of hydrogen-bond donors (Lipinski definition) is 1. The van der Waals surface area contributed by atoms with E-state index in [2.05, 4.69) is 25.0 Å². The number of carbonyl (C=O) groups excluding carboxylic acids is 2. The highest BCUT2D eigenvalue weighted by atomic mass is 32.1. The Morgan fingerprint density at radius 1 is 1.23 bits per heavy atom. The van der Waals surface area contributed by atoms with E-state index in [1.165, 1.54) is 17.4 Å². The first-order valence-electron chi connectivity index (χ1n) is 8.87. The van der Waals surface area contributed by atoms with Crippen LogP contribution in [0.1, 0.15) is 39.2 Å². The van der Waals surface area contributed by atoms with Gasteiger partial charge in [0.25, 0.3) is 0 Å². The Morgan fingerprint density at radius 2 is 1.97 bits per heavy atom. The average Bonchev–Trinajstić information content (AvgIpc) is 3.37. The number of aryl methyl sites for hydroxylation is 2. The number of hydrogen-bond acceptors (Lipinski definition) is 9. The summed E-state index contributed by atoms with van der Waals surface area (Å²) in [6.07, 6.45) is 3.06. The number of fused-ring (bicyclic) bond motifs is 1. The van der Waals surface area contributed by atoms with E-state index < -0.39 is 5.97 Å². The highest BCUT2D eigenvalue weighted by Gasteiger charge is 2.12. The van der Waals surface area contributed by atoms with Crippen LogP contribution in [0.4, 0.5) is 0 Å². The smallest absolute Gasteiger partial charge is 0.354 e. The third kappa shape index (κ3) is 6.41. The van der Waals surface area contributed by atoms with Crippen molar-refractivity contribution in [2.24, 2.45) is 5.11 Å². The quantitative estimate of drug-likeness (QED) is 0.189. The molecule has 3 heterocycles. The fourth-order valence-electron chi connectivity index (χ4n) is 2.20. The van der Waals surface area contributed by atoms with E-state index in [9.17, 15) is 9.59 Å². The molecule has 0 amide bonds. The van der Waals surface area contributed by atoms with Crippen molar-refractivity contribution in [1.82, 2.24) is 15.0 Å². The van der Waals surface area contributed by atoms with Gasteiger partial charge >= 0.3 is 11.9 Å². The number of azide groups is 1. The molecule has 0 spiro atoms. The molecule has 0 radical (unpaired) electrons. The van der Waals surface area contributed by atoms with E-state index in [0.717, 1.165) is 25.2 Å². The molecule has 3 rings (SSSR count). The van der Waals surface area contributed by atoms with Gasteiger partial charge in [0, 0.05) is 16.0 Å². The molecule has 10 nitrogen and oxygen atoms in total. The molecule has 0 fully saturated rings. The van der Waals surface area contributed by atoms with Gasteiger partial charge in [0.2, 0.25) is 0 Å². The Hall–Kier alpha value is -3.21. The fourth-order valence-corrected chi connectivity index (χ4v) is 3.75. The molecule has 0 saturated heterocycles. The Morgan fingerprint density at radius 3 is 2.53 bits per heavy atom. The van der Waals surface area contributed by atoms with Gasteiger partial charge in [0.1, 0.15) is 17.0 Å². The second-order valence-corrected chi connectivity index (χ2v) is 8.07. The molecule has 3 aromatic rings. The van der Waals surface area contributed by atoms with Crippen molar-refractivity contribution in [3.05, 3.63) is 49.0 Å². The fraction of sp³-hybridized carbons (Fsp3) is 0.333.